The van der Waals surface area contributed by atoms with Crippen LogP contribution < -0.4 is 0 Å². The van der Waals surface area contributed by atoms with E-state index in [1.165, 1.54) is 22.3 Å². The standard InChI is InChI=1S/C26H16O3/c27-25-23-21-17-9-13-5-1-2-6-14(13)10-18(17)22(24(23)26(28)29-25)20-12-16-8-4-3-7-15(16)11-19(20)21/h1-12,21-24H. The van der Waals surface area contributed by atoms with Crippen molar-refractivity contribution in [3.8, 4) is 0 Å². The largest absolute Gasteiger partial charge is 0.393 e. The lowest BCUT2D eigenvalue weighted by Gasteiger charge is -2.45. The minimum atomic E-state index is -0.421. The summed E-state index contributed by atoms with van der Waals surface area (Å²) < 4.78 is 5.17. The van der Waals surface area contributed by atoms with Crippen LogP contribution in [-0.2, 0) is 14.3 Å². The average Bonchev–Trinajstić information content (AvgIpc) is 3.05. The second-order valence-electron chi connectivity index (χ2n) is 8.40. The van der Waals surface area contributed by atoms with Gasteiger partial charge in [-0.1, -0.05) is 72.8 Å². The zero-order valence-electron chi connectivity index (χ0n) is 15.5. The van der Waals surface area contributed by atoms with Gasteiger partial charge in [-0.05, 0) is 43.8 Å². The molecule has 0 amide bonds. The van der Waals surface area contributed by atoms with Gasteiger partial charge in [-0.25, -0.2) is 0 Å². The van der Waals surface area contributed by atoms with Crippen molar-refractivity contribution in [2.75, 3.05) is 0 Å². The lowest BCUT2D eigenvalue weighted by Crippen LogP contribution is -2.41. The van der Waals surface area contributed by atoms with E-state index in [2.05, 4.69) is 48.5 Å². The van der Waals surface area contributed by atoms with Crippen molar-refractivity contribution >= 4 is 33.5 Å². The fourth-order valence-corrected chi connectivity index (χ4v) is 5.95. The number of esters is 2. The Balaban J connectivity index is 1.61. The third kappa shape index (κ3) is 1.83. The summed E-state index contributed by atoms with van der Waals surface area (Å²) in [6.07, 6.45) is 0. The molecule has 0 N–H and O–H groups in total. The number of hydrogen-bond acceptors (Lipinski definition) is 3. The zero-order chi connectivity index (χ0) is 19.3. The highest BCUT2D eigenvalue weighted by Gasteiger charge is 2.60. The molecule has 3 heteroatoms. The van der Waals surface area contributed by atoms with E-state index in [1.54, 1.807) is 0 Å². The molecule has 0 spiro atoms. The van der Waals surface area contributed by atoms with Gasteiger partial charge in [-0.15, -0.1) is 0 Å². The van der Waals surface area contributed by atoms with Crippen LogP contribution >= 0.6 is 0 Å². The number of ether oxygens (including phenoxy) is 1. The number of rotatable bonds is 0. The number of benzene rings is 4. The highest BCUT2D eigenvalue weighted by Crippen LogP contribution is 2.61. The summed E-state index contributed by atoms with van der Waals surface area (Å²) in [5.41, 5.74) is 4.68. The average molecular weight is 376 g/mol. The molecule has 2 unspecified atom stereocenters. The van der Waals surface area contributed by atoms with E-state index in [1.807, 2.05) is 24.3 Å². The Kier molecular flexibility index (Phi) is 2.73. The van der Waals surface area contributed by atoms with E-state index >= 15 is 0 Å². The molecule has 3 nitrogen and oxygen atoms in total. The van der Waals surface area contributed by atoms with Crippen LogP contribution in [0.5, 0.6) is 0 Å². The fourth-order valence-electron chi connectivity index (χ4n) is 5.95. The molecule has 138 valence electrons. The van der Waals surface area contributed by atoms with Gasteiger partial charge in [0.05, 0.1) is 11.8 Å². The van der Waals surface area contributed by atoms with Crippen LogP contribution in [0.2, 0.25) is 0 Å². The van der Waals surface area contributed by atoms with Crippen molar-refractivity contribution in [1.82, 2.24) is 0 Å². The second-order valence-corrected chi connectivity index (χ2v) is 8.40. The Labute approximate surface area is 166 Å². The topological polar surface area (TPSA) is 43.4 Å². The summed E-state index contributed by atoms with van der Waals surface area (Å²) in [7, 11) is 0. The third-order valence-electron chi connectivity index (χ3n) is 7.09. The minimum absolute atomic E-state index is 0.136. The Morgan fingerprint density at radius 2 is 0.828 bits per heavy atom. The van der Waals surface area contributed by atoms with E-state index in [0.717, 1.165) is 21.5 Å². The first-order chi connectivity index (χ1) is 14.2. The summed E-state index contributed by atoms with van der Waals surface area (Å²) in [4.78, 5) is 25.4. The Morgan fingerprint density at radius 1 is 0.517 bits per heavy atom. The third-order valence-corrected chi connectivity index (χ3v) is 7.09. The van der Waals surface area contributed by atoms with Gasteiger partial charge >= 0.3 is 11.9 Å². The summed E-state index contributed by atoms with van der Waals surface area (Å²) in [5, 5.41) is 4.65. The molecule has 1 saturated heterocycles. The minimum Gasteiger partial charge on any atom is -0.393 e. The molecule has 3 aliphatic carbocycles. The van der Waals surface area contributed by atoms with Crippen LogP contribution in [0.3, 0.4) is 0 Å². The van der Waals surface area contributed by atoms with Crippen molar-refractivity contribution in [2.24, 2.45) is 11.8 Å². The molecule has 8 rings (SSSR count). The molecular formula is C26H16O3. The van der Waals surface area contributed by atoms with Crippen LogP contribution in [0.15, 0.2) is 72.8 Å². The van der Waals surface area contributed by atoms with Crippen LogP contribution in [0.4, 0.5) is 0 Å². The smallest absolute Gasteiger partial charge is 0.318 e. The maximum atomic E-state index is 12.7. The van der Waals surface area contributed by atoms with Crippen LogP contribution in [0, 0.1) is 11.8 Å². The molecule has 4 aromatic carbocycles. The molecule has 1 aliphatic heterocycles. The van der Waals surface area contributed by atoms with Crippen molar-refractivity contribution in [1.29, 1.82) is 0 Å². The molecule has 2 bridgehead atoms. The highest BCUT2D eigenvalue weighted by molar-refractivity contribution is 6.01. The molecule has 4 aromatic rings. The predicted molar refractivity (Wildman–Crippen MR) is 110 cm³/mol. The lowest BCUT2D eigenvalue weighted by molar-refractivity contribution is -0.153. The number of carbonyl (C=O) groups is 2. The summed E-state index contributed by atoms with van der Waals surface area (Å²) in [6.45, 7) is 0. The van der Waals surface area contributed by atoms with Crippen molar-refractivity contribution in [3.05, 3.63) is 95.1 Å². The Bertz CT molecular complexity index is 1210. The molecule has 0 aromatic heterocycles. The van der Waals surface area contributed by atoms with Gasteiger partial charge < -0.3 is 4.74 Å². The van der Waals surface area contributed by atoms with Crippen molar-refractivity contribution in [2.45, 2.75) is 11.8 Å². The highest BCUT2D eigenvalue weighted by atomic mass is 16.6. The van der Waals surface area contributed by atoms with E-state index < -0.39 is 11.8 Å². The van der Waals surface area contributed by atoms with Gasteiger partial charge in [-0.2, -0.15) is 0 Å². The Morgan fingerprint density at radius 3 is 1.14 bits per heavy atom. The van der Waals surface area contributed by atoms with E-state index in [9.17, 15) is 9.59 Å². The number of fused-ring (bicyclic) bond motifs is 2. The second kappa shape index (κ2) is 5.12. The first kappa shape index (κ1) is 15.5. The van der Waals surface area contributed by atoms with Crippen molar-refractivity contribution in [3.63, 3.8) is 0 Å². The summed E-state index contributed by atoms with van der Waals surface area (Å²) in [5.74, 6) is -1.85. The Hall–Kier alpha value is -3.46. The molecule has 0 radical (unpaired) electrons. The first-order valence-corrected chi connectivity index (χ1v) is 10.0. The molecule has 1 fully saturated rings. The van der Waals surface area contributed by atoms with Gasteiger partial charge in [0.2, 0.25) is 0 Å². The van der Waals surface area contributed by atoms with Crippen LogP contribution in [0.1, 0.15) is 34.1 Å². The zero-order valence-corrected chi connectivity index (χ0v) is 15.5. The normalized spacial score (nSPS) is 26.3. The fraction of sp³-hybridized carbons (Fsp3) is 0.154. The van der Waals surface area contributed by atoms with Crippen molar-refractivity contribution < 1.29 is 14.3 Å². The number of carbonyl (C=O) groups excluding carboxylic acids is 2. The van der Waals surface area contributed by atoms with Gasteiger partial charge in [0.15, 0.2) is 0 Å². The quantitative estimate of drug-likeness (QED) is 0.324. The number of cyclic esters (lactones) is 2. The molecule has 0 saturated carbocycles. The first-order valence-electron chi connectivity index (χ1n) is 10.0. The van der Waals surface area contributed by atoms with Gasteiger partial charge in [0.25, 0.3) is 0 Å². The number of hydrogen-bond donors (Lipinski definition) is 0. The summed E-state index contributed by atoms with van der Waals surface area (Å²) in [6, 6.07) is 25.4. The summed E-state index contributed by atoms with van der Waals surface area (Å²) >= 11 is 0. The van der Waals surface area contributed by atoms with Gasteiger partial charge in [-0.3, -0.25) is 9.59 Å². The van der Waals surface area contributed by atoms with Gasteiger partial charge in [0.1, 0.15) is 0 Å². The van der Waals surface area contributed by atoms with Gasteiger partial charge in [0, 0.05) is 11.8 Å². The van der Waals surface area contributed by atoms with E-state index in [4.69, 9.17) is 4.74 Å². The lowest BCUT2D eigenvalue weighted by atomic mass is 9.54. The van der Waals surface area contributed by atoms with Crippen LogP contribution in [0.25, 0.3) is 21.5 Å². The molecule has 29 heavy (non-hydrogen) atoms. The van der Waals surface area contributed by atoms with E-state index in [0.29, 0.717) is 0 Å². The predicted octanol–water partition coefficient (Wildman–Crippen LogP) is 4.90. The molecule has 2 atom stereocenters. The van der Waals surface area contributed by atoms with Crippen LogP contribution in [-0.4, -0.2) is 11.9 Å². The van der Waals surface area contributed by atoms with E-state index in [-0.39, 0.29) is 23.8 Å². The maximum absolute atomic E-state index is 12.7. The molecule has 1 heterocycles. The maximum Gasteiger partial charge on any atom is 0.318 e. The SMILES string of the molecule is O=C1OC(=O)C2C3c4cc5ccccc5cc4C(c4cc5ccccc5cc43)C12. The monoisotopic (exact) mass is 376 g/mol. The molecular weight excluding hydrogens is 360 g/mol. The molecule has 4 aliphatic rings.